The predicted octanol–water partition coefficient (Wildman–Crippen LogP) is 0.913. The third-order valence-corrected chi connectivity index (χ3v) is 3.52. The lowest BCUT2D eigenvalue weighted by molar-refractivity contribution is 0.100. The van der Waals surface area contributed by atoms with Gasteiger partial charge in [0, 0.05) is 30.0 Å². The third kappa shape index (κ3) is 3.41. The molecule has 5 nitrogen and oxygen atoms in total. The average molecular weight is 264 g/mol. The van der Waals surface area contributed by atoms with Gasteiger partial charge in [0.05, 0.1) is 11.8 Å². The Bertz CT molecular complexity index is 532. The molecule has 2 aromatic rings. The molecule has 0 aliphatic rings. The Kier molecular flexibility index (Phi) is 4.11. The fourth-order valence-electron chi connectivity index (χ4n) is 1.65. The average Bonchev–Trinajstić information content (AvgIpc) is 2.93. The van der Waals surface area contributed by atoms with Crippen LogP contribution in [0.3, 0.4) is 0 Å². The van der Waals surface area contributed by atoms with E-state index >= 15 is 0 Å². The van der Waals surface area contributed by atoms with Gasteiger partial charge in [0.1, 0.15) is 0 Å². The molecule has 6 heteroatoms. The lowest BCUT2D eigenvalue weighted by Crippen LogP contribution is -2.16. The Morgan fingerprint density at radius 1 is 1.61 bits per heavy atom. The minimum absolute atomic E-state index is 0.368. The number of thiophene rings is 1. The van der Waals surface area contributed by atoms with Gasteiger partial charge in [-0.15, -0.1) is 11.3 Å². The van der Waals surface area contributed by atoms with Crippen molar-refractivity contribution < 1.29 is 4.79 Å². The van der Waals surface area contributed by atoms with Gasteiger partial charge in [0.15, 0.2) is 0 Å². The molecule has 0 aromatic carbocycles. The van der Waals surface area contributed by atoms with Gasteiger partial charge in [0.25, 0.3) is 0 Å². The minimum Gasteiger partial charge on any atom is -0.366 e. The number of nitrogens with one attached hydrogen (secondary N) is 1. The van der Waals surface area contributed by atoms with E-state index in [2.05, 4.69) is 10.4 Å². The normalized spacial score (nSPS) is 10.7. The molecule has 0 saturated carbocycles. The summed E-state index contributed by atoms with van der Waals surface area (Å²) in [5.41, 5.74) is 7.00. The molecular weight excluding hydrogens is 248 g/mol. The molecule has 0 aliphatic heterocycles. The number of rotatable bonds is 6. The number of amides is 1. The van der Waals surface area contributed by atoms with Crippen LogP contribution in [0.25, 0.3) is 0 Å². The molecule has 0 radical (unpaired) electrons. The van der Waals surface area contributed by atoms with E-state index in [0.29, 0.717) is 5.56 Å². The SMILES string of the molecule is Cn1cc(CCNCc2cc(C(N)=O)cs2)cn1. The quantitative estimate of drug-likeness (QED) is 0.762. The Balaban J connectivity index is 1.73. The summed E-state index contributed by atoms with van der Waals surface area (Å²) in [5.74, 6) is -0.368. The van der Waals surface area contributed by atoms with Crippen molar-refractivity contribution in [3.63, 3.8) is 0 Å². The Morgan fingerprint density at radius 3 is 3.06 bits per heavy atom. The number of carbonyl (C=O) groups is 1. The largest absolute Gasteiger partial charge is 0.366 e. The summed E-state index contributed by atoms with van der Waals surface area (Å²) in [4.78, 5) is 12.1. The molecule has 0 fully saturated rings. The molecule has 18 heavy (non-hydrogen) atoms. The van der Waals surface area contributed by atoms with E-state index in [-0.39, 0.29) is 5.91 Å². The zero-order valence-electron chi connectivity index (χ0n) is 10.2. The maximum absolute atomic E-state index is 10.9. The van der Waals surface area contributed by atoms with Crippen molar-refractivity contribution >= 4 is 17.2 Å². The van der Waals surface area contributed by atoms with Crippen LogP contribution in [-0.4, -0.2) is 22.2 Å². The Hall–Kier alpha value is -1.66. The maximum Gasteiger partial charge on any atom is 0.249 e. The Morgan fingerprint density at radius 2 is 2.44 bits per heavy atom. The van der Waals surface area contributed by atoms with E-state index in [4.69, 9.17) is 5.73 Å². The van der Waals surface area contributed by atoms with Crippen LogP contribution in [-0.2, 0) is 20.0 Å². The number of primary amides is 1. The molecule has 0 aliphatic carbocycles. The first-order chi connectivity index (χ1) is 8.65. The minimum atomic E-state index is -0.368. The van der Waals surface area contributed by atoms with Crippen LogP contribution in [0.1, 0.15) is 20.8 Å². The summed E-state index contributed by atoms with van der Waals surface area (Å²) in [5, 5.41) is 9.24. The van der Waals surface area contributed by atoms with Gasteiger partial charge >= 0.3 is 0 Å². The van der Waals surface area contributed by atoms with Gasteiger partial charge in [0.2, 0.25) is 5.91 Å². The van der Waals surface area contributed by atoms with Crippen molar-refractivity contribution in [2.24, 2.45) is 12.8 Å². The van der Waals surface area contributed by atoms with Crippen molar-refractivity contribution in [3.05, 3.63) is 39.8 Å². The van der Waals surface area contributed by atoms with Crippen LogP contribution in [0.2, 0.25) is 0 Å². The smallest absolute Gasteiger partial charge is 0.249 e. The highest BCUT2D eigenvalue weighted by atomic mass is 32.1. The highest BCUT2D eigenvalue weighted by Crippen LogP contribution is 2.13. The van der Waals surface area contributed by atoms with Crippen molar-refractivity contribution in [2.75, 3.05) is 6.54 Å². The van der Waals surface area contributed by atoms with Crippen LogP contribution >= 0.6 is 11.3 Å². The lowest BCUT2D eigenvalue weighted by atomic mass is 10.2. The second-order valence-electron chi connectivity index (χ2n) is 4.11. The highest BCUT2D eigenvalue weighted by Gasteiger charge is 2.04. The zero-order valence-corrected chi connectivity index (χ0v) is 11.0. The summed E-state index contributed by atoms with van der Waals surface area (Å²) >= 11 is 1.55. The lowest BCUT2D eigenvalue weighted by Gasteiger charge is -2.00. The molecule has 0 saturated heterocycles. The van der Waals surface area contributed by atoms with E-state index in [1.54, 1.807) is 21.4 Å². The fraction of sp³-hybridized carbons (Fsp3) is 0.333. The van der Waals surface area contributed by atoms with E-state index in [9.17, 15) is 4.79 Å². The number of aromatic nitrogens is 2. The molecular formula is C12H16N4OS. The van der Waals surface area contributed by atoms with Crippen molar-refractivity contribution in [2.45, 2.75) is 13.0 Å². The monoisotopic (exact) mass is 264 g/mol. The number of aryl methyl sites for hydroxylation is 1. The molecule has 0 unspecified atom stereocenters. The second-order valence-corrected chi connectivity index (χ2v) is 5.11. The van der Waals surface area contributed by atoms with Gasteiger partial charge in [-0.2, -0.15) is 5.10 Å². The molecule has 0 spiro atoms. The van der Waals surface area contributed by atoms with Gasteiger partial charge in [-0.25, -0.2) is 0 Å². The van der Waals surface area contributed by atoms with Gasteiger partial charge in [-0.3, -0.25) is 9.48 Å². The first-order valence-electron chi connectivity index (χ1n) is 5.70. The first-order valence-corrected chi connectivity index (χ1v) is 6.58. The summed E-state index contributed by atoms with van der Waals surface area (Å²) in [6, 6.07) is 1.84. The number of carbonyl (C=O) groups excluding carboxylic acids is 1. The molecule has 2 rings (SSSR count). The standard InChI is InChI=1S/C12H16N4OS/c1-16-7-9(5-15-16)2-3-14-6-11-4-10(8-18-11)12(13)17/h4-5,7-8,14H,2-3,6H2,1H3,(H2,13,17). The number of hydrogen-bond acceptors (Lipinski definition) is 4. The summed E-state index contributed by atoms with van der Waals surface area (Å²) < 4.78 is 1.80. The number of nitrogens with two attached hydrogens (primary N) is 1. The van der Waals surface area contributed by atoms with Gasteiger partial charge in [-0.1, -0.05) is 0 Å². The van der Waals surface area contributed by atoms with E-state index in [1.807, 2.05) is 25.5 Å². The summed E-state index contributed by atoms with van der Waals surface area (Å²) in [6.07, 6.45) is 4.83. The highest BCUT2D eigenvalue weighted by molar-refractivity contribution is 7.10. The topological polar surface area (TPSA) is 72.9 Å². The maximum atomic E-state index is 10.9. The second kappa shape index (κ2) is 5.79. The van der Waals surface area contributed by atoms with Crippen LogP contribution in [0.15, 0.2) is 23.8 Å². The van der Waals surface area contributed by atoms with Crippen LogP contribution < -0.4 is 11.1 Å². The summed E-state index contributed by atoms with van der Waals surface area (Å²) in [7, 11) is 1.91. The Labute approximate surface area is 110 Å². The number of hydrogen-bond donors (Lipinski definition) is 2. The van der Waals surface area contributed by atoms with Crippen molar-refractivity contribution in [1.29, 1.82) is 0 Å². The number of nitrogens with zero attached hydrogens (tertiary/aromatic N) is 2. The molecule has 0 atom stereocenters. The van der Waals surface area contributed by atoms with E-state index in [0.717, 1.165) is 24.4 Å². The predicted molar refractivity (Wildman–Crippen MR) is 71.5 cm³/mol. The first kappa shape index (κ1) is 12.8. The molecule has 3 N–H and O–H groups in total. The fourth-order valence-corrected chi connectivity index (χ4v) is 2.49. The van der Waals surface area contributed by atoms with Gasteiger partial charge in [-0.05, 0) is 24.6 Å². The third-order valence-electron chi connectivity index (χ3n) is 2.59. The molecule has 2 aromatic heterocycles. The summed E-state index contributed by atoms with van der Waals surface area (Å²) in [6.45, 7) is 1.65. The van der Waals surface area contributed by atoms with E-state index in [1.165, 1.54) is 5.56 Å². The van der Waals surface area contributed by atoms with Crippen LogP contribution in [0, 0.1) is 0 Å². The van der Waals surface area contributed by atoms with Crippen molar-refractivity contribution in [3.8, 4) is 0 Å². The molecule has 1 amide bonds. The zero-order chi connectivity index (χ0) is 13.0. The van der Waals surface area contributed by atoms with Crippen LogP contribution in [0.4, 0.5) is 0 Å². The molecule has 96 valence electrons. The van der Waals surface area contributed by atoms with Crippen molar-refractivity contribution in [1.82, 2.24) is 15.1 Å². The van der Waals surface area contributed by atoms with Crippen LogP contribution in [0.5, 0.6) is 0 Å². The van der Waals surface area contributed by atoms with E-state index < -0.39 is 0 Å². The van der Waals surface area contributed by atoms with Gasteiger partial charge < -0.3 is 11.1 Å². The molecule has 0 bridgehead atoms. The molecule has 2 heterocycles.